The van der Waals surface area contributed by atoms with Crippen LogP contribution < -0.4 is 10.6 Å². The fourth-order valence-electron chi connectivity index (χ4n) is 1.80. The van der Waals surface area contributed by atoms with E-state index in [1.165, 1.54) is 0 Å². The third-order valence-corrected chi connectivity index (χ3v) is 3.63. The van der Waals surface area contributed by atoms with Gasteiger partial charge in [-0.3, -0.25) is 4.79 Å². The normalized spacial score (nSPS) is 10.6. The van der Waals surface area contributed by atoms with Crippen LogP contribution in [0, 0.1) is 6.92 Å². The third-order valence-electron chi connectivity index (χ3n) is 2.85. The van der Waals surface area contributed by atoms with E-state index in [0.29, 0.717) is 13.2 Å². The number of thiazole rings is 1. The molecule has 0 spiro atoms. The van der Waals surface area contributed by atoms with Gasteiger partial charge in [0.05, 0.1) is 23.9 Å². The summed E-state index contributed by atoms with van der Waals surface area (Å²) in [4.78, 5) is 16.1. The molecule has 0 aliphatic carbocycles. The highest BCUT2D eigenvalue weighted by Crippen LogP contribution is 2.22. The molecule has 0 radical (unpaired) electrons. The second-order valence-electron chi connectivity index (χ2n) is 4.55. The van der Waals surface area contributed by atoms with Crippen LogP contribution in [-0.2, 0) is 9.53 Å². The molecule has 0 unspecified atom stereocenters. The summed E-state index contributed by atoms with van der Waals surface area (Å²) >= 11 is 1.63. The lowest BCUT2D eigenvalue weighted by Crippen LogP contribution is -2.30. The maximum absolute atomic E-state index is 11.7. The number of carbonyl (C=O) groups excluding carboxylic acids is 1. The SMILES string of the molecule is COCCNCC(=O)Nc1ccc(-c2csc(C)n2)cc1. The number of aromatic nitrogens is 1. The third kappa shape index (κ3) is 4.93. The van der Waals surface area contributed by atoms with E-state index in [2.05, 4.69) is 15.6 Å². The maximum Gasteiger partial charge on any atom is 0.238 e. The van der Waals surface area contributed by atoms with Crippen LogP contribution in [-0.4, -0.2) is 37.7 Å². The Bertz CT molecular complexity index is 581. The lowest BCUT2D eigenvalue weighted by atomic mass is 10.1. The molecule has 0 aliphatic rings. The Labute approximate surface area is 128 Å². The van der Waals surface area contributed by atoms with E-state index >= 15 is 0 Å². The van der Waals surface area contributed by atoms with E-state index in [1.54, 1.807) is 18.4 Å². The quantitative estimate of drug-likeness (QED) is 0.771. The minimum absolute atomic E-state index is 0.0663. The van der Waals surface area contributed by atoms with Crippen molar-refractivity contribution >= 4 is 22.9 Å². The van der Waals surface area contributed by atoms with Crippen LogP contribution in [0.2, 0.25) is 0 Å². The van der Waals surface area contributed by atoms with Crippen LogP contribution in [0.25, 0.3) is 11.3 Å². The van der Waals surface area contributed by atoms with Gasteiger partial charge in [0.1, 0.15) is 0 Å². The van der Waals surface area contributed by atoms with Gasteiger partial charge in [-0.25, -0.2) is 4.98 Å². The van der Waals surface area contributed by atoms with Gasteiger partial charge in [0.25, 0.3) is 0 Å². The van der Waals surface area contributed by atoms with Gasteiger partial charge in [0.2, 0.25) is 5.91 Å². The summed E-state index contributed by atoms with van der Waals surface area (Å²) < 4.78 is 4.90. The molecule has 0 bridgehead atoms. The van der Waals surface area contributed by atoms with Gasteiger partial charge in [-0.05, 0) is 19.1 Å². The first-order valence-electron chi connectivity index (χ1n) is 6.71. The van der Waals surface area contributed by atoms with Crippen LogP contribution >= 0.6 is 11.3 Å². The number of hydrogen-bond donors (Lipinski definition) is 2. The van der Waals surface area contributed by atoms with Crippen LogP contribution in [0.5, 0.6) is 0 Å². The first kappa shape index (κ1) is 15.6. The summed E-state index contributed by atoms with van der Waals surface area (Å²) in [7, 11) is 1.63. The minimum Gasteiger partial charge on any atom is -0.383 e. The minimum atomic E-state index is -0.0663. The maximum atomic E-state index is 11.7. The molecule has 1 aromatic carbocycles. The molecule has 2 aromatic rings. The average Bonchev–Trinajstić information content (AvgIpc) is 2.91. The zero-order valence-electron chi connectivity index (χ0n) is 12.2. The van der Waals surface area contributed by atoms with Crippen molar-refractivity contribution in [3.63, 3.8) is 0 Å². The zero-order valence-corrected chi connectivity index (χ0v) is 13.0. The van der Waals surface area contributed by atoms with Gasteiger partial charge >= 0.3 is 0 Å². The predicted molar refractivity (Wildman–Crippen MR) is 85.7 cm³/mol. The fraction of sp³-hybridized carbons (Fsp3) is 0.333. The molecule has 6 heteroatoms. The molecule has 1 heterocycles. The molecule has 0 saturated heterocycles. The highest BCUT2D eigenvalue weighted by Gasteiger charge is 2.04. The number of nitrogens with one attached hydrogen (secondary N) is 2. The molecule has 0 saturated carbocycles. The Kier molecular flexibility index (Phi) is 5.86. The van der Waals surface area contributed by atoms with Crippen molar-refractivity contribution < 1.29 is 9.53 Å². The van der Waals surface area contributed by atoms with Crippen LogP contribution in [0.3, 0.4) is 0 Å². The van der Waals surface area contributed by atoms with E-state index in [-0.39, 0.29) is 12.5 Å². The standard InChI is InChI=1S/C15H19N3O2S/c1-11-17-14(10-21-11)12-3-5-13(6-4-12)18-15(19)9-16-7-8-20-2/h3-6,10,16H,7-9H2,1-2H3,(H,18,19). The predicted octanol–water partition coefficient (Wildman–Crippen LogP) is 2.29. The number of nitrogens with zero attached hydrogens (tertiary/aromatic N) is 1. The highest BCUT2D eigenvalue weighted by atomic mass is 32.1. The summed E-state index contributed by atoms with van der Waals surface area (Å²) in [6.07, 6.45) is 0. The average molecular weight is 305 g/mol. The van der Waals surface area contributed by atoms with Crippen molar-refractivity contribution in [2.24, 2.45) is 0 Å². The molecule has 0 aliphatic heterocycles. The number of hydrogen-bond acceptors (Lipinski definition) is 5. The summed E-state index contributed by atoms with van der Waals surface area (Å²) in [5, 5.41) is 8.92. The number of aryl methyl sites for hydroxylation is 1. The number of ether oxygens (including phenoxy) is 1. The smallest absolute Gasteiger partial charge is 0.238 e. The number of benzene rings is 1. The fourth-order valence-corrected chi connectivity index (χ4v) is 2.42. The molecule has 2 N–H and O–H groups in total. The molecule has 0 atom stereocenters. The highest BCUT2D eigenvalue weighted by molar-refractivity contribution is 7.09. The number of anilines is 1. The molecule has 5 nitrogen and oxygen atoms in total. The van der Waals surface area contributed by atoms with Gasteiger partial charge < -0.3 is 15.4 Å². The van der Waals surface area contributed by atoms with Crippen LogP contribution in [0.4, 0.5) is 5.69 Å². The van der Waals surface area contributed by atoms with E-state index in [1.807, 2.05) is 36.6 Å². The Morgan fingerprint density at radius 3 is 2.71 bits per heavy atom. The summed E-state index contributed by atoms with van der Waals surface area (Å²) in [6.45, 7) is 3.51. The van der Waals surface area contributed by atoms with Crippen LogP contribution in [0.15, 0.2) is 29.6 Å². The van der Waals surface area contributed by atoms with Crippen molar-refractivity contribution in [1.29, 1.82) is 0 Å². The zero-order chi connectivity index (χ0) is 15.1. The van der Waals surface area contributed by atoms with Gasteiger partial charge in [-0.2, -0.15) is 0 Å². The molecular formula is C15H19N3O2S. The lowest BCUT2D eigenvalue weighted by Gasteiger charge is -2.07. The molecule has 0 fully saturated rings. The number of methoxy groups -OCH3 is 1. The Morgan fingerprint density at radius 1 is 1.33 bits per heavy atom. The molecule has 112 valence electrons. The monoisotopic (exact) mass is 305 g/mol. The summed E-state index contributed by atoms with van der Waals surface area (Å²) in [5.74, 6) is -0.0663. The molecule has 2 rings (SSSR count). The first-order valence-corrected chi connectivity index (χ1v) is 7.59. The lowest BCUT2D eigenvalue weighted by molar-refractivity contribution is -0.115. The van der Waals surface area contributed by atoms with E-state index in [0.717, 1.165) is 22.0 Å². The van der Waals surface area contributed by atoms with E-state index in [9.17, 15) is 4.79 Å². The molecule has 1 aromatic heterocycles. The number of carbonyl (C=O) groups is 1. The number of amides is 1. The van der Waals surface area contributed by atoms with Crippen molar-refractivity contribution in [1.82, 2.24) is 10.3 Å². The molecular weight excluding hydrogens is 286 g/mol. The van der Waals surface area contributed by atoms with Gasteiger partial charge in [0.15, 0.2) is 0 Å². The topological polar surface area (TPSA) is 63.2 Å². The van der Waals surface area contributed by atoms with Gasteiger partial charge in [-0.1, -0.05) is 12.1 Å². The van der Waals surface area contributed by atoms with Gasteiger partial charge in [-0.15, -0.1) is 11.3 Å². The van der Waals surface area contributed by atoms with Crippen molar-refractivity contribution in [3.8, 4) is 11.3 Å². The summed E-state index contributed by atoms with van der Waals surface area (Å²) in [5.41, 5.74) is 2.80. The summed E-state index contributed by atoms with van der Waals surface area (Å²) in [6, 6.07) is 7.69. The van der Waals surface area contributed by atoms with Crippen molar-refractivity contribution in [3.05, 3.63) is 34.7 Å². The van der Waals surface area contributed by atoms with Crippen molar-refractivity contribution in [2.45, 2.75) is 6.92 Å². The first-order chi connectivity index (χ1) is 10.2. The largest absolute Gasteiger partial charge is 0.383 e. The molecule has 1 amide bonds. The Morgan fingerprint density at radius 2 is 2.10 bits per heavy atom. The van der Waals surface area contributed by atoms with Crippen LogP contribution in [0.1, 0.15) is 5.01 Å². The second-order valence-corrected chi connectivity index (χ2v) is 5.61. The Balaban J connectivity index is 1.86. The van der Waals surface area contributed by atoms with E-state index in [4.69, 9.17) is 4.74 Å². The Hall–Kier alpha value is -1.76. The van der Waals surface area contributed by atoms with Gasteiger partial charge in [0, 0.05) is 30.3 Å². The second kappa shape index (κ2) is 7.87. The van der Waals surface area contributed by atoms with E-state index < -0.39 is 0 Å². The van der Waals surface area contributed by atoms with Crippen molar-refractivity contribution in [2.75, 3.05) is 32.1 Å². The molecule has 21 heavy (non-hydrogen) atoms. The number of rotatable bonds is 7.